The lowest BCUT2D eigenvalue weighted by Crippen LogP contribution is -2.26. The lowest BCUT2D eigenvalue weighted by atomic mass is 10.0. The van der Waals surface area contributed by atoms with Crippen LogP contribution in [0.15, 0.2) is 35.3 Å². The average molecular weight is 269 g/mol. The molecular weight excluding hydrogens is 250 g/mol. The quantitative estimate of drug-likeness (QED) is 0.902. The van der Waals surface area contributed by atoms with E-state index in [9.17, 15) is 4.79 Å². The van der Waals surface area contributed by atoms with E-state index in [1.165, 1.54) is 25.7 Å². The molecule has 2 saturated carbocycles. The van der Waals surface area contributed by atoms with Gasteiger partial charge >= 0.3 is 0 Å². The Morgan fingerprint density at radius 3 is 2.95 bits per heavy atom. The van der Waals surface area contributed by atoms with Crippen molar-refractivity contribution in [2.45, 2.75) is 32.2 Å². The summed E-state index contributed by atoms with van der Waals surface area (Å²) in [5, 5.41) is 3.51. The van der Waals surface area contributed by atoms with Crippen molar-refractivity contribution in [2.75, 3.05) is 6.54 Å². The predicted molar refractivity (Wildman–Crippen MR) is 77.6 cm³/mol. The van der Waals surface area contributed by atoms with Crippen LogP contribution in [0.25, 0.3) is 5.65 Å². The highest BCUT2D eigenvalue weighted by molar-refractivity contribution is 5.37. The Hall–Kier alpha value is -1.68. The zero-order chi connectivity index (χ0) is 13.6. The van der Waals surface area contributed by atoms with E-state index in [2.05, 4.69) is 10.3 Å². The molecule has 2 aliphatic rings. The molecule has 4 heteroatoms. The molecule has 1 N–H and O–H groups in total. The number of hydrogen-bond acceptors (Lipinski definition) is 3. The van der Waals surface area contributed by atoms with Crippen LogP contribution in [0.3, 0.4) is 0 Å². The number of nitrogens with zero attached hydrogens (tertiary/aromatic N) is 2. The minimum absolute atomic E-state index is 0.00396. The van der Waals surface area contributed by atoms with E-state index in [1.54, 1.807) is 16.7 Å². The fourth-order valence-corrected chi connectivity index (χ4v) is 3.22. The molecule has 2 aliphatic carbocycles. The van der Waals surface area contributed by atoms with E-state index in [-0.39, 0.29) is 5.56 Å². The summed E-state index contributed by atoms with van der Waals surface area (Å²) in [4.78, 5) is 16.5. The van der Waals surface area contributed by atoms with Crippen molar-refractivity contribution < 1.29 is 0 Å². The molecule has 2 fully saturated rings. The molecule has 0 saturated heterocycles. The molecule has 0 atom stereocenters. The number of nitrogens with one attached hydrogen (secondary N) is 1. The summed E-state index contributed by atoms with van der Waals surface area (Å²) in [5.74, 6) is 0.963. The Morgan fingerprint density at radius 2 is 2.20 bits per heavy atom. The maximum Gasteiger partial charge on any atom is 0.258 e. The van der Waals surface area contributed by atoms with Gasteiger partial charge in [0.15, 0.2) is 0 Å². The summed E-state index contributed by atoms with van der Waals surface area (Å²) in [5.41, 5.74) is 2.15. The van der Waals surface area contributed by atoms with Gasteiger partial charge < -0.3 is 5.32 Å². The molecule has 0 spiro atoms. The Morgan fingerprint density at radius 1 is 1.35 bits per heavy atom. The van der Waals surface area contributed by atoms with E-state index < -0.39 is 0 Å². The van der Waals surface area contributed by atoms with Crippen LogP contribution >= 0.6 is 0 Å². The highest BCUT2D eigenvalue weighted by Gasteiger charge is 2.53. The summed E-state index contributed by atoms with van der Waals surface area (Å²) in [6.07, 6.45) is 7.33. The molecule has 2 heterocycles. The average Bonchev–Trinajstić information content (AvgIpc) is 3.32. The van der Waals surface area contributed by atoms with Crippen LogP contribution in [-0.2, 0) is 6.54 Å². The standard InChI is InChI=1S/C16H19N3O/c20-15-9-13(18-14-3-1-2-8-19(14)15)10-17-11-16(6-7-16)12-4-5-12/h1-3,8-9,12,17H,4-7,10-11H2. The summed E-state index contributed by atoms with van der Waals surface area (Å²) in [6, 6.07) is 7.26. The number of hydrogen-bond donors (Lipinski definition) is 1. The van der Waals surface area contributed by atoms with Crippen molar-refractivity contribution in [3.63, 3.8) is 0 Å². The van der Waals surface area contributed by atoms with Gasteiger partial charge in [0.05, 0.1) is 5.69 Å². The molecule has 0 aliphatic heterocycles. The number of aromatic nitrogens is 2. The van der Waals surface area contributed by atoms with Gasteiger partial charge in [0.1, 0.15) is 5.65 Å². The summed E-state index contributed by atoms with van der Waals surface area (Å²) >= 11 is 0. The highest BCUT2D eigenvalue weighted by Crippen LogP contribution is 2.60. The molecule has 0 aromatic carbocycles. The van der Waals surface area contributed by atoms with Crippen molar-refractivity contribution >= 4 is 5.65 Å². The number of pyridine rings is 1. The fraction of sp³-hybridized carbons (Fsp3) is 0.500. The van der Waals surface area contributed by atoms with E-state index in [4.69, 9.17) is 0 Å². The summed E-state index contributed by atoms with van der Waals surface area (Å²) in [6.45, 7) is 1.77. The number of rotatable bonds is 5. The largest absolute Gasteiger partial charge is 0.311 e. The Kier molecular flexibility index (Phi) is 2.67. The molecule has 2 aromatic heterocycles. The van der Waals surface area contributed by atoms with Crippen LogP contribution in [0, 0.1) is 11.3 Å². The maximum absolute atomic E-state index is 12.0. The monoisotopic (exact) mass is 269 g/mol. The van der Waals surface area contributed by atoms with Gasteiger partial charge in [-0.1, -0.05) is 6.07 Å². The second-order valence-corrected chi connectivity index (χ2v) is 6.25. The van der Waals surface area contributed by atoms with Crippen LogP contribution in [-0.4, -0.2) is 15.9 Å². The van der Waals surface area contributed by atoms with Gasteiger partial charge in [-0.05, 0) is 49.1 Å². The first-order valence-electron chi connectivity index (χ1n) is 7.45. The SMILES string of the molecule is O=c1cc(CNCC2(C3CC3)CC2)nc2ccccn12. The third-order valence-corrected chi connectivity index (χ3v) is 4.74. The molecule has 4 rings (SSSR count). The van der Waals surface area contributed by atoms with Crippen LogP contribution in [0.1, 0.15) is 31.4 Å². The maximum atomic E-state index is 12.0. The van der Waals surface area contributed by atoms with Crippen molar-refractivity contribution in [3.05, 3.63) is 46.5 Å². The van der Waals surface area contributed by atoms with Crippen molar-refractivity contribution in [3.8, 4) is 0 Å². The van der Waals surface area contributed by atoms with Gasteiger partial charge in [-0.25, -0.2) is 4.98 Å². The van der Waals surface area contributed by atoms with Gasteiger partial charge in [-0.15, -0.1) is 0 Å². The molecule has 0 amide bonds. The van der Waals surface area contributed by atoms with Crippen molar-refractivity contribution in [1.29, 1.82) is 0 Å². The van der Waals surface area contributed by atoms with Crippen LogP contribution in [0.2, 0.25) is 0 Å². The fourth-order valence-electron chi connectivity index (χ4n) is 3.22. The second-order valence-electron chi connectivity index (χ2n) is 6.25. The van der Waals surface area contributed by atoms with Gasteiger partial charge in [0.2, 0.25) is 0 Å². The van der Waals surface area contributed by atoms with E-state index in [0.717, 1.165) is 23.8 Å². The molecule has 2 aromatic rings. The van der Waals surface area contributed by atoms with Gasteiger partial charge in [0.25, 0.3) is 5.56 Å². The molecule has 0 radical (unpaired) electrons. The first kappa shape index (κ1) is 12.1. The van der Waals surface area contributed by atoms with Gasteiger partial charge in [-0.3, -0.25) is 9.20 Å². The Balaban J connectivity index is 1.47. The molecule has 20 heavy (non-hydrogen) atoms. The third kappa shape index (κ3) is 2.14. The zero-order valence-electron chi connectivity index (χ0n) is 11.5. The molecule has 4 nitrogen and oxygen atoms in total. The Bertz CT molecular complexity index is 698. The lowest BCUT2D eigenvalue weighted by Gasteiger charge is -2.14. The number of fused-ring (bicyclic) bond motifs is 1. The van der Waals surface area contributed by atoms with Crippen molar-refractivity contribution in [1.82, 2.24) is 14.7 Å². The van der Waals surface area contributed by atoms with Crippen LogP contribution in [0.5, 0.6) is 0 Å². The van der Waals surface area contributed by atoms with E-state index in [1.807, 2.05) is 18.2 Å². The zero-order valence-corrected chi connectivity index (χ0v) is 11.5. The Labute approximate surface area is 117 Å². The predicted octanol–water partition coefficient (Wildman–Crippen LogP) is 1.97. The molecule has 0 bridgehead atoms. The summed E-state index contributed by atoms with van der Waals surface area (Å²) < 4.78 is 1.58. The minimum Gasteiger partial charge on any atom is -0.311 e. The van der Waals surface area contributed by atoms with E-state index >= 15 is 0 Å². The smallest absolute Gasteiger partial charge is 0.258 e. The molecule has 104 valence electrons. The van der Waals surface area contributed by atoms with Crippen molar-refractivity contribution in [2.24, 2.45) is 11.3 Å². The van der Waals surface area contributed by atoms with Gasteiger partial charge in [-0.2, -0.15) is 0 Å². The topological polar surface area (TPSA) is 46.4 Å². The third-order valence-electron chi connectivity index (χ3n) is 4.74. The molecular formula is C16H19N3O. The van der Waals surface area contributed by atoms with Crippen LogP contribution < -0.4 is 10.9 Å². The second kappa shape index (κ2) is 4.42. The summed E-state index contributed by atoms with van der Waals surface area (Å²) in [7, 11) is 0. The minimum atomic E-state index is -0.00396. The molecule has 0 unspecified atom stereocenters. The highest BCUT2D eigenvalue weighted by atomic mass is 16.1. The first-order valence-corrected chi connectivity index (χ1v) is 7.45. The lowest BCUT2D eigenvalue weighted by molar-refractivity contribution is 0.402. The normalized spacial score (nSPS) is 20.2. The van der Waals surface area contributed by atoms with Gasteiger partial charge in [0, 0.05) is 25.4 Å². The van der Waals surface area contributed by atoms with E-state index in [0.29, 0.717) is 12.0 Å². The first-order chi connectivity index (χ1) is 9.77. The van der Waals surface area contributed by atoms with Crippen LogP contribution in [0.4, 0.5) is 0 Å².